The molecule has 0 atom stereocenters. The van der Waals surface area contributed by atoms with Gasteiger partial charge in [0.05, 0.1) is 5.69 Å². The fourth-order valence-corrected chi connectivity index (χ4v) is 3.45. The van der Waals surface area contributed by atoms with Gasteiger partial charge in [-0.15, -0.1) is 10.2 Å². The second-order valence-electron chi connectivity index (χ2n) is 7.23. The topological polar surface area (TPSA) is 71.0 Å². The summed E-state index contributed by atoms with van der Waals surface area (Å²) >= 11 is 0. The van der Waals surface area contributed by atoms with Crippen LogP contribution in [0.5, 0.6) is 0 Å². The Morgan fingerprint density at radius 3 is 2.62 bits per heavy atom. The first-order valence-corrected chi connectivity index (χ1v) is 9.66. The summed E-state index contributed by atoms with van der Waals surface area (Å²) in [4.78, 5) is 18.8. The Morgan fingerprint density at radius 2 is 1.97 bits per heavy atom. The first-order valence-electron chi connectivity index (χ1n) is 9.66. The van der Waals surface area contributed by atoms with Crippen molar-refractivity contribution in [2.45, 2.75) is 19.8 Å². The molecule has 0 radical (unpaired) electrons. The van der Waals surface area contributed by atoms with Crippen molar-refractivity contribution in [1.29, 1.82) is 0 Å². The molecule has 1 saturated heterocycles. The average Bonchev–Trinajstić information content (AvgIpc) is 2.77. The van der Waals surface area contributed by atoms with E-state index in [1.54, 1.807) is 31.5 Å². The molecule has 1 fully saturated rings. The molecular weight excluding hydrogens is 369 g/mol. The summed E-state index contributed by atoms with van der Waals surface area (Å²) < 4.78 is 13.7. The SMILES string of the molecule is Cc1ccc(NC(=O)C2CCN(c3ccc(-c4cccnc4)nn3)CC2)cc1F. The maximum absolute atomic E-state index is 13.7. The number of piperidine rings is 1. The summed E-state index contributed by atoms with van der Waals surface area (Å²) in [5.74, 6) is 0.326. The van der Waals surface area contributed by atoms with Gasteiger partial charge in [-0.25, -0.2) is 4.39 Å². The van der Waals surface area contributed by atoms with E-state index >= 15 is 0 Å². The molecule has 1 aliphatic heterocycles. The summed E-state index contributed by atoms with van der Waals surface area (Å²) in [6.45, 7) is 3.14. The first kappa shape index (κ1) is 19.0. The lowest BCUT2D eigenvalue weighted by Crippen LogP contribution is -2.38. The zero-order chi connectivity index (χ0) is 20.2. The van der Waals surface area contributed by atoms with Crippen molar-refractivity contribution < 1.29 is 9.18 Å². The molecule has 3 aromatic rings. The van der Waals surface area contributed by atoms with Gasteiger partial charge in [0.1, 0.15) is 5.82 Å². The van der Waals surface area contributed by atoms with Crippen LogP contribution in [0.4, 0.5) is 15.9 Å². The van der Waals surface area contributed by atoms with Gasteiger partial charge in [-0.2, -0.15) is 0 Å². The van der Waals surface area contributed by atoms with Gasteiger partial charge >= 0.3 is 0 Å². The van der Waals surface area contributed by atoms with Crippen molar-refractivity contribution in [3.63, 3.8) is 0 Å². The van der Waals surface area contributed by atoms with E-state index in [2.05, 4.69) is 25.4 Å². The molecule has 0 bridgehead atoms. The Labute approximate surface area is 168 Å². The van der Waals surface area contributed by atoms with Gasteiger partial charge in [-0.05, 0) is 61.7 Å². The monoisotopic (exact) mass is 391 g/mol. The minimum absolute atomic E-state index is 0.0640. The maximum Gasteiger partial charge on any atom is 0.227 e. The van der Waals surface area contributed by atoms with Crippen LogP contribution in [-0.4, -0.2) is 34.2 Å². The molecule has 7 heteroatoms. The average molecular weight is 391 g/mol. The van der Waals surface area contributed by atoms with Crippen LogP contribution in [0.2, 0.25) is 0 Å². The van der Waals surface area contributed by atoms with Gasteiger partial charge in [0.25, 0.3) is 0 Å². The highest BCUT2D eigenvalue weighted by Gasteiger charge is 2.26. The number of anilines is 2. The minimum atomic E-state index is -0.314. The molecule has 1 aliphatic rings. The van der Waals surface area contributed by atoms with E-state index in [1.807, 2.05) is 24.3 Å². The van der Waals surface area contributed by atoms with Crippen molar-refractivity contribution in [2.75, 3.05) is 23.3 Å². The summed E-state index contributed by atoms with van der Waals surface area (Å²) in [6, 6.07) is 12.5. The predicted molar refractivity (Wildman–Crippen MR) is 110 cm³/mol. The molecule has 0 aliphatic carbocycles. The van der Waals surface area contributed by atoms with Gasteiger partial charge in [0.2, 0.25) is 5.91 Å². The van der Waals surface area contributed by atoms with E-state index in [0.717, 1.165) is 30.2 Å². The van der Waals surface area contributed by atoms with Crippen LogP contribution in [0.25, 0.3) is 11.3 Å². The lowest BCUT2D eigenvalue weighted by atomic mass is 9.95. The van der Waals surface area contributed by atoms with Crippen LogP contribution in [0, 0.1) is 18.7 Å². The molecule has 1 N–H and O–H groups in total. The predicted octanol–water partition coefficient (Wildman–Crippen LogP) is 3.84. The molecule has 4 rings (SSSR count). The number of carbonyl (C=O) groups is 1. The third kappa shape index (κ3) is 4.39. The molecule has 29 heavy (non-hydrogen) atoms. The molecule has 3 heterocycles. The number of nitrogens with zero attached hydrogens (tertiary/aromatic N) is 4. The number of hydrogen-bond acceptors (Lipinski definition) is 5. The Bertz CT molecular complexity index is 986. The van der Waals surface area contributed by atoms with Crippen molar-refractivity contribution in [3.05, 3.63) is 66.2 Å². The number of benzene rings is 1. The number of aryl methyl sites for hydroxylation is 1. The number of hydrogen-bond donors (Lipinski definition) is 1. The number of halogens is 1. The van der Waals surface area contributed by atoms with E-state index < -0.39 is 0 Å². The quantitative estimate of drug-likeness (QED) is 0.732. The Kier molecular flexibility index (Phi) is 5.46. The Morgan fingerprint density at radius 1 is 1.14 bits per heavy atom. The van der Waals surface area contributed by atoms with E-state index in [0.29, 0.717) is 24.1 Å². The van der Waals surface area contributed by atoms with Crippen LogP contribution < -0.4 is 10.2 Å². The minimum Gasteiger partial charge on any atom is -0.355 e. The van der Waals surface area contributed by atoms with E-state index in [9.17, 15) is 9.18 Å². The van der Waals surface area contributed by atoms with Crippen LogP contribution in [0.3, 0.4) is 0 Å². The normalized spacial score (nSPS) is 14.6. The van der Waals surface area contributed by atoms with Gasteiger partial charge in [-0.1, -0.05) is 6.07 Å². The molecule has 2 aromatic heterocycles. The summed E-state index contributed by atoms with van der Waals surface area (Å²) in [7, 11) is 0. The fourth-order valence-electron chi connectivity index (χ4n) is 3.45. The van der Waals surface area contributed by atoms with E-state index in [4.69, 9.17) is 0 Å². The lowest BCUT2D eigenvalue weighted by molar-refractivity contribution is -0.120. The highest BCUT2D eigenvalue weighted by molar-refractivity contribution is 5.92. The lowest BCUT2D eigenvalue weighted by Gasteiger charge is -2.31. The van der Waals surface area contributed by atoms with Crippen LogP contribution in [-0.2, 0) is 4.79 Å². The molecule has 1 amide bonds. The second kappa shape index (κ2) is 8.34. The molecule has 0 spiro atoms. The van der Waals surface area contributed by atoms with Crippen LogP contribution in [0.1, 0.15) is 18.4 Å². The number of aromatic nitrogens is 3. The zero-order valence-electron chi connectivity index (χ0n) is 16.2. The molecule has 6 nitrogen and oxygen atoms in total. The second-order valence-corrected chi connectivity index (χ2v) is 7.23. The van der Waals surface area contributed by atoms with E-state index in [1.165, 1.54) is 6.07 Å². The molecule has 0 saturated carbocycles. The fraction of sp³-hybridized carbons (Fsp3) is 0.273. The Hall–Kier alpha value is -3.35. The third-order valence-corrected chi connectivity index (χ3v) is 5.24. The summed E-state index contributed by atoms with van der Waals surface area (Å²) in [6.07, 6.45) is 4.91. The smallest absolute Gasteiger partial charge is 0.227 e. The number of rotatable bonds is 4. The van der Waals surface area contributed by atoms with Crippen molar-refractivity contribution in [2.24, 2.45) is 5.92 Å². The summed E-state index contributed by atoms with van der Waals surface area (Å²) in [5.41, 5.74) is 2.76. The third-order valence-electron chi connectivity index (χ3n) is 5.24. The number of carbonyl (C=O) groups excluding carboxylic acids is 1. The summed E-state index contributed by atoms with van der Waals surface area (Å²) in [5, 5.41) is 11.5. The van der Waals surface area contributed by atoms with Crippen LogP contribution >= 0.6 is 0 Å². The van der Waals surface area contributed by atoms with Gasteiger partial charge < -0.3 is 10.2 Å². The largest absolute Gasteiger partial charge is 0.355 e. The number of pyridine rings is 1. The highest BCUT2D eigenvalue weighted by Crippen LogP contribution is 2.24. The van der Waals surface area contributed by atoms with Gasteiger partial charge in [0.15, 0.2) is 5.82 Å². The molecule has 148 valence electrons. The van der Waals surface area contributed by atoms with Crippen LogP contribution in [0.15, 0.2) is 54.9 Å². The standard InChI is InChI=1S/C22H22FN5O/c1-15-4-5-18(13-19(15)23)25-22(29)16-8-11-28(12-9-16)21-7-6-20(26-27-21)17-3-2-10-24-14-17/h2-7,10,13-14,16H,8-9,11-12H2,1H3,(H,25,29). The van der Waals surface area contributed by atoms with Crippen molar-refractivity contribution >= 4 is 17.4 Å². The maximum atomic E-state index is 13.7. The van der Waals surface area contributed by atoms with Crippen molar-refractivity contribution in [1.82, 2.24) is 15.2 Å². The van der Waals surface area contributed by atoms with E-state index in [-0.39, 0.29) is 17.6 Å². The first-order chi connectivity index (χ1) is 14.1. The Balaban J connectivity index is 1.34. The molecule has 1 aromatic carbocycles. The van der Waals surface area contributed by atoms with Gasteiger partial charge in [-0.3, -0.25) is 9.78 Å². The van der Waals surface area contributed by atoms with Gasteiger partial charge in [0, 0.05) is 42.7 Å². The molecular formula is C22H22FN5O. The number of amides is 1. The zero-order valence-corrected chi connectivity index (χ0v) is 16.2. The van der Waals surface area contributed by atoms with Crippen molar-refractivity contribution in [3.8, 4) is 11.3 Å². The molecule has 0 unspecified atom stereocenters. The number of nitrogens with one attached hydrogen (secondary N) is 1. The highest BCUT2D eigenvalue weighted by atomic mass is 19.1.